The van der Waals surface area contributed by atoms with Crippen molar-refractivity contribution in [2.24, 2.45) is 0 Å². The van der Waals surface area contributed by atoms with Gasteiger partial charge < -0.3 is 10.4 Å². The second kappa shape index (κ2) is 6.49. The zero-order chi connectivity index (χ0) is 15.4. The van der Waals surface area contributed by atoms with Crippen molar-refractivity contribution >= 4 is 23.2 Å². The van der Waals surface area contributed by atoms with Gasteiger partial charge in [0.05, 0.1) is 11.2 Å². The van der Waals surface area contributed by atoms with Crippen LogP contribution in [-0.2, 0) is 4.79 Å². The molecule has 2 rings (SSSR count). The molecule has 2 aromatic rings. The van der Waals surface area contributed by atoms with Gasteiger partial charge in [-0.3, -0.25) is 4.79 Å². The number of carboxylic acid groups (broad SMARTS) is 1. The molecule has 0 aliphatic rings. The molecule has 0 aliphatic heterocycles. The molecule has 6 heteroatoms. The van der Waals surface area contributed by atoms with Crippen molar-refractivity contribution in [1.82, 2.24) is 10.3 Å². The summed E-state index contributed by atoms with van der Waals surface area (Å²) in [6.45, 7) is 3.98. The smallest absolute Gasteiger partial charge is 0.330 e. The predicted molar refractivity (Wildman–Crippen MR) is 80.5 cm³/mol. The number of carboxylic acids is 1. The highest BCUT2D eigenvalue weighted by Crippen LogP contribution is 2.22. The summed E-state index contributed by atoms with van der Waals surface area (Å²) < 4.78 is 0. The summed E-state index contributed by atoms with van der Waals surface area (Å²) in [5.41, 5.74) is 0.534. The quantitative estimate of drug-likeness (QED) is 0.890. The van der Waals surface area contributed by atoms with Gasteiger partial charge in [-0.25, -0.2) is 9.78 Å². The maximum atomic E-state index is 12.2. The number of nitrogens with zero attached hydrogens (tertiary/aromatic N) is 1. The molecule has 1 amide bonds. The molecule has 0 aliphatic carbocycles. The van der Waals surface area contributed by atoms with Gasteiger partial charge in [0.2, 0.25) is 0 Å². The monoisotopic (exact) mass is 304 g/mol. The van der Waals surface area contributed by atoms with Gasteiger partial charge in [-0.15, -0.1) is 11.3 Å². The fourth-order valence-corrected chi connectivity index (χ4v) is 2.62. The van der Waals surface area contributed by atoms with E-state index in [1.165, 1.54) is 17.5 Å². The molecule has 0 saturated carbocycles. The Morgan fingerprint density at radius 2 is 1.90 bits per heavy atom. The van der Waals surface area contributed by atoms with Crippen LogP contribution in [0.25, 0.3) is 0 Å². The first kappa shape index (κ1) is 15.2. The predicted octanol–water partition coefficient (Wildman–Crippen LogP) is 2.82. The lowest BCUT2D eigenvalue weighted by Gasteiger charge is -2.14. The fraction of sp³-hybridized carbons (Fsp3) is 0.267. The molecule has 2 N–H and O–H groups in total. The summed E-state index contributed by atoms with van der Waals surface area (Å²) in [6.07, 6.45) is 1.49. The normalized spacial score (nSPS) is 12.1. The highest BCUT2D eigenvalue weighted by atomic mass is 32.1. The van der Waals surface area contributed by atoms with Crippen molar-refractivity contribution in [2.45, 2.75) is 25.8 Å². The second-order valence-corrected chi connectivity index (χ2v) is 5.94. The first-order chi connectivity index (χ1) is 9.99. The summed E-state index contributed by atoms with van der Waals surface area (Å²) in [5.74, 6) is -1.28. The first-order valence-corrected chi connectivity index (χ1v) is 7.35. The molecular weight excluding hydrogens is 288 g/mol. The number of carbonyl (C=O) groups excluding carboxylic acids is 1. The Morgan fingerprint density at radius 3 is 2.43 bits per heavy atom. The van der Waals surface area contributed by atoms with E-state index in [9.17, 15) is 14.7 Å². The zero-order valence-corrected chi connectivity index (χ0v) is 12.6. The lowest BCUT2D eigenvalue weighted by molar-refractivity contribution is -0.139. The van der Waals surface area contributed by atoms with E-state index in [0.29, 0.717) is 10.4 Å². The summed E-state index contributed by atoms with van der Waals surface area (Å²) in [6, 6.07) is 7.55. The minimum atomic E-state index is -1.09. The molecule has 110 valence electrons. The van der Waals surface area contributed by atoms with Crippen LogP contribution < -0.4 is 5.32 Å². The first-order valence-electron chi connectivity index (χ1n) is 6.53. The number of amides is 1. The Hall–Kier alpha value is -2.21. The van der Waals surface area contributed by atoms with E-state index in [4.69, 9.17) is 0 Å². The van der Waals surface area contributed by atoms with Crippen LogP contribution in [0.15, 0.2) is 36.5 Å². The van der Waals surface area contributed by atoms with E-state index < -0.39 is 17.9 Å². The Labute approximate surface area is 126 Å². The third-order valence-corrected chi connectivity index (χ3v) is 4.19. The average molecular weight is 304 g/mol. The van der Waals surface area contributed by atoms with E-state index in [0.717, 1.165) is 5.01 Å². The largest absolute Gasteiger partial charge is 0.479 e. The van der Waals surface area contributed by atoms with Gasteiger partial charge in [0.25, 0.3) is 5.91 Å². The molecule has 1 aromatic carbocycles. The van der Waals surface area contributed by atoms with Crippen molar-refractivity contribution in [2.75, 3.05) is 0 Å². The maximum Gasteiger partial charge on any atom is 0.330 e. The van der Waals surface area contributed by atoms with Crippen molar-refractivity contribution < 1.29 is 14.7 Å². The maximum absolute atomic E-state index is 12.2. The van der Waals surface area contributed by atoms with Crippen LogP contribution in [0.3, 0.4) is 0 Å². The molecule has 0 unspecified atom stereocenters. The van der Waals surface area contributed by atoms with Crippen LogP contribution in [0, 0.1) is 0 Å². The van der Waals surface area contributed by atoms with Gasteiger partial charge in [-0.2, -0.15) is 0 Å². The number of aromatic nitrogens is 1. The third-order valence-electron chi connectivity index (χ3n) is 2.90. The molecule has 1 atom stereocenters. The molecular formula is C15H16N2O3S. The van der Waals surface area contributed by atoms with Crippen LogP contribution in [0.1, 0.15) is 46.0 Å². The van der Waals surface area contributed by atoms with Crippen LogP contribution in [0.2, 0.25) is 0 Å². The number of nitrogens with one attached hydrogen (secondary N) is 1. The summed E-state index contributed by atoms with van der Waals surface area (Å²) in [4.78, 5) is 28.1. The average Bonchev–Trinajstić information content (AvgIpc) is 2.95. The number of rotatable bonds is 5. The van der Waals surface area contributed by atoms with E-state index in [1.807, 2.05) is 13.8 Å². The van der Waals surface area contributed by atoms with Crippen molar-refractivity contribution in [3.8, 4) is 0 Å². The van der Waals surface area contributed by atoms with Gasteiger partial charge in [-0.1, -0.05) is 44.2 Å². The van der Waals surface area contributed by atoms with Crippen molar-refractivity contribution in [3.05, 3.63) is 52.0 Å². The van der Waals surface area contributed by atoms with Gasteiger partial charge in [0.1, 0.15) is 4.88 Å². The van der Waals surface area contributed by atoms with E-state index in [1.54, 1.807) is 30.3 Å². The lowest BCUT2D eigenvalue weighted by atomic mass is 10.1. The minimum absolute atomic E-state index is 0.237. The Morgan fingerprint density at radius 1 is 1.24 bits per heavy atom. The fourth-order valence-electron chi connectivity index (χ4n) is 1.79. The van der Waals surface area contributed by atoms with E-state index in [-0.39, 0.29) is 5.92 Å². The standard InChI is InChI=1S/C15H16N2O3S/c1-9(2)14-16-8-11(21-14)13(18)17-12(15(19)20)10-6-4-3-5-7-10/h3-9,12H,1-2H3,(H,17,18)(H,19,20)/t12-/m0/s1. The number of carbonyl (C=O) groups is 2. The topological polar surface area (TPSA) is 79.3 Å². The summed E-state index contributed by atoms with van der Waals surface area (Å²) >= 11 is 1.28. The molecule has 0 saturated heterocycles. The highest BCUT2D eigenvalue weighted by Gasteiger charge is 2.23. The number of hydrogen-bond acceptors (Lipinski definition) is 4. The molecule has 5 nitrogen and oxygen atoms in total. The highest BCUT2D eigenvalue weighted by molar-refractivity contribution is 7.13. The Balaban J connectivity index is 2.17. The van der Waals surface area contributed by atoms with Crippen molar-refractivity contribution in [1.29, 1.82) is 0 Å². The molecule has 0 spiro atoms. The third kappa shape index (κ3) is 3.66. The molecule has 1 heterocycles. The van der Waals surface area contributed by atoms with Crippen molar-refractivity contribution in [3.63, 3.8) is 0 Å². The zero-order valence-electron chi connectivity index (χ0n) is 11.7. The van der Waals surface area contributed by atoms with Gasteiger partial charge in [0, 0.05) is 5.92 Å². The number of thiazole rings is 1. The van der Waals surface area contributed by atoms with Gasteiger partial charge >= 0.3 is 5.97 Å². The lowest BCUT2D eigenvalue weighted by Crippen LogP contribution is -2.33. The van der Waals surface area contributed by atoms with Crippen LogP contribution in [-0.4, -0.2) is 22.0 Å². The van der Waals surface area contributed by atoms with Crippen LogP contribution >= 0.6 is 11.3 Å². The van der Waals surface area contributed by atoms with Crippen LogP contribution in [0.5, 0.6) is 0 Å². The number of aliphatic carboxylic acids is 1. The van der Waals surface area contributed by atoms with Gasteiger partial charge in [-0.05, 0) is 5.56 Å². The molecule has 1 aromatic heterocycles. The number of hydrogen-bond donors (Lipinski definition) is 2. The van der Waals surface area contributed by atoms with Crippen LogP contribution in [0.4, 0.5) is 0 Å². The molecule has 0 fully saturated rings. The second-order valence-electron chi connectivity index (χ2n) is 4.87. The molecule has 21 heavy (non-hydrogen) atoms. The molecule has 0 bridgehead atoms. The SMILES string of the molecule is CC(C)c1ncc(C(=O)N[C@H](C(=O)O)c2ccccc2)s1. The van der Waals surface area contributed by atoms with E-state index in [2.05, 4.69) is 10.3 Å². The Bertz CT molecular complexity index is 637. The molecule has 0 radical (unpaired) electrons. The minimum Gasteiger partial charge on any atom is -0.479 e. The number of benzene rings is 1. The van der Waals surface area contributed by atoms with E-state index >= 15 is 0 Å². The summed E-state index contributed by atoms with van der Waals surface area (Å²) in [7, 11) is 0. The van der Waals surface area contributed by atoms with Gasteiger partial charge in [0.15, 0.2) is 6.04 Å². The summed E-state index contributed by atoms with van der Waals surface area (Å²) in [5, 5.41) is 12.7. The Kier molecular flexibility index (Phi) is 4.70.